The predicted molar refractivity (Wildman–Crippen MR) is 84.9 cm³/mol. The zero-order chi connectivity index (χ0) is 13.9. The van der Waals surface area contributed by atoms with Gasteiger partial charge in [0.15, 0.2) is 0 Å². The highest BCUT2D eigenvalue weighted by molar-refractivity contribution is 4.88. The molecule has 2 aliphatic heterocycles. The first-order chi connectivity index (χ1) is 9.72. The molecule has 2 saturated heterocycles. The van der Waals surface area contributed by atoms with E-state index in [4.69, 9.17) is 0 Å². The first-order valence-corrected chi connectivity index (χ1v) is 8.88. The molecule has 1 aliphatic carbocycles. The van der Waals surface area contributed by atoms with Gasteiger partial charge >= 0.3 is 0 Å². The molecule has 2 N–H and O–H groups in total. The largest absolute Gasteiger partial charge is 0.316 e. The third-order valence-electron chi connectivity index (χ3n) is 5.92. The second kappa shape index (κ2) is 6.76. The predicted octanol–water partition coefficient (Wildman–Crippen LogP) is 1.94. The molecular formula is C17H33N3. The van der Waals surface area contributed by atoms with Gasteiger partial charge in [0.2, 0.25) is 0 Å². The quantitative estimate of drug-likeness (QED) is 0.778. The van der Waals surface area contributed by atoms with Gasteiger partial charge in [-0.1, -0.05) is 13.8 Å². The van der Waals surface area contributed by atoms with Gasteiger partial charge in [-0.3, -0.25) is 4.90 Å². The van der Waals surface area contributed by atoms with E-state index in [1.54, 1.807) is 0 Å². The molecule has 20 heavy (non-hydrogen) atoms. The molecule has 0 spiro atoms. The Kier molecular flexibility index (Phi) is 5.00. The van der Waals surface area contributed by atoms with E-state index in [0.29, 0.717) is 0 Å². The summed E-state index contributed by atoms with van der Waals surface area (Å²) in [6.07, 6.45) is 5.82. The molecular weight excluding hydrogens is 246 g/mol. The molecule has 0 aromatic rings. The summed E-state index contributed by atoms with van der Waals surface area (Å²) in [6, 6.07) is 0.881. The molecule has 3 rings (SSSR count). The van der Waals surface area contributed by atoms with Crippen LogP contribution in [-0.4, -0.2) is 50.2 Å². The lowest BCUT2D eigenvalue weighted by molar-refractivity contribution is 0.0709. The van der Waals surface area contributed by atoms with Crippen molar-refractivity contribution in [2.75, 3.05) is 39.3 Å². The van der Waals surface area contributed by atoms with Gasteiger partial charge in [-0.05, 0) is 49.4 Å². The van der Waals surface area contributed by atoms with Crippen LogP contribution >= 0.6 is 0 Å². The first-order valence-electron chi connectivity index (χ1n) is 8.88. The highest BCUT2D eigenvalue weighted by Gasteiger charge is 2.32. The lowest BCUT2D eigenvalue weighted by Gasteiger charge is -2.44. The molecule has 116 valence electrons. The van der Waals surface area contributed by atoms with Crippen LogP contribution in [0.2, 0.25) is 0 Å². The SMILES string of the molecule is CC(C)C1CCC(N(CC2CNC2)CC2CNC2)CC1. The topological polar surface area (TPSA) is 27.3 Å². The smallest absolute Gasteiger partial charge is 0.00957 e. The van der Waals surface area contributed by atoms with E-state index in [0.717, 1.165) is 29.7 Å². The summed E-state index contributed by atoms with van der Waals surface area (Å²) < 4.78 is 0. The minimum Gasteiger partial charge on any atom is -0.316 e. The Bertz CT molecular complexity index is 273. The Balaban J connectivity index is 1.51. The fraction of sp³-hybridized carbons (Fsp3) is 1.00. The van der Waals surface area contributed by atoms with Crippen LogP contribution in [0, 0.1) is 23.7 Å². The number of nitrogens with one attached hydrogen (secondary N) is 2. The van der Waals surface area contributed by atoms with Gasteiger partial charge in [0.05, 0.1) is 0 Å². The molecule has 3 fully saturated rings. The van der Waals surface area contributed by atoms with E-state index in [9.17, 15) is 0 Å². The fourth-order valence-corrected chi connectivity index (χ4v) is 4.12. The van der Waals surface area contributed by atoms with Gasteiger partial charge in [0.25, 0.3) is 0 Å². The number of hydrogen-bond acceptors (Lipinski definition) is 3. The van der Waals surface area contributed by atoms with Crippen molar-refractivity contribution in [2.24, 2.45) is 23.7 Å². The van der Waals surface area contributed by atoms with Crippen LogP contribution in [0.1, 0.15) is 39.5 Å². The van der Waals surface area contributed by atoms with Gasteiger partial charge in [-0.15, -0.1) is 0 Å². The van der Waals surface area contributed by atoms with Crippen molar-refractivity contribution in [1.29, 1.82) is 0 Å². The van der Waals surface area contributed by atoms with Crippen LogP contribution in [0.5, 0.6) is 0 Å². The summed E-state index contributed by atoms with van der Waals surface area (Å²) in [7, 11) is 0. The summed E-state index contributed by atoms with van der Waals surface area (Å²) in [5, 5.41) is 6.87. The second-order valence-electron chi connectivity index (χ2n) is 7.82. The van der Waals surface area contributed by atoms with E-state index in [-0.39, 0.29) is 0 Å². The maximum absolute atomic E-state index is 3.43. The summed E-state index contributed by atoms with van der Waals surface area (Å²) in [6.45, 7) is 12.5. The molecule has 3 aliphatic rings. The van der Waals surface area contributed by atoms with Gasteiger partial charge in [0.1, 0.15) is 0 Å². The zero-order valence-electron chi connectivity index (χ0n) is 13.4. The highest BCUT2D eigenvalue weighted by Crippen LogP contribution is 2.33. The number of hydrogen-bond donors (Lipinski definition) is 2. The molecule has 1 saturated carbocycles. The van der Waals surface area contributed by atoms with Crippen molar-refractivity contribution >= 4 is 0 Å². The Morgan fingerprint density at radius 1 is 0.850 bits per heavy atom. The summed E-state index contributed by atoms with van der Waals surface area (Å²) in [4.78, 5) is 2.87. The van der Waals surface area contributed by atoms with E-state index in [1.807, 2.05) is 0 Å². The van der Waals surface area contributed by atoms with Crippen molar-refractivity contribution in [3.63, 3.8) is 0 Å². The summed E-state index contributed by atoms with van der Waals surface area (Å²) in [5.74, 6) is 3.72. The molecule has 2 heterocycles. The van der Waals surface area contributed by atoms with E-state index < -0.39 is 0 Å². The molecule has 3 nitrogen and oxygen atoms in total. The minimum atomic E-state index is 0.881. The van der Waals surface area contributed by atoms with Gasteiger partial charge in [-0.25, -0.2) is 0 Å². The number of rotatable bonds is 6. The first kappa shape index (κ1) is 14.8. The molecule has 0 aromatic heterocycles. The monoisotopic (exact) mass is 279 g/mol. The van der Waals surface area contributed by atoms with Crippen LogP contribution in [0.4, 0.5) is 0 Å². The molecule has 0 radical (unpaired) electrons. The van der Waals surface area contributed by atoms with Gasteiger partial charge in [0, 0.05) is 45.3 Å². The zero-order valence-corrected chi connectivity index (χ0v) is 13.4. The fourth-order valence-electron chi connectivity index (χ4n) is 4.12. The van der Waals surface area contributed by atoms with E-state index >= 15 is 0 Å². The molecule has 3 heteroatoms. The maximum Gasteiger partial charge on any atom is 0.00957 e. The second-order valence-corrected chi connectivity index (χ2v) is 7.82. The molecule has 0 amide bonds. The van der Waals surface area contributed by atoms with Crippen LogP contribution in [0.25, 0.3) is 0 Å². The van der Waals surface area contributed by atoms with Crippen LogP contribution < -0.4 is 10.6 Å². The van der Waals surface area contributed by atoms with Crippen molar-refractivity contribution in [2.45, 2.75) is 45.6 Å². The highest BCUT2D eigenvalue weighted by atomic mass is 15.2. The normalized spacial score (nSPS) is 32.4. The Morgan fingerprint density at radius 2 is 1.35 bits per heavy atom. The van der Waals surface area contributed by atoms with Crippen LogP contribution in [-0.2, 0) is 0 Å². The third-order valence-corrected chi connectivity index (χ3v) is 5.92. The van der Waals surface area contributed by atoms with Gasteiger partial charge < -0.3 is 10.6 Å². The Hall–Kier alpha value is -0.120. The maximum atomic E-state index is 3.43. The van der Waals surface area contributed by atoms with Crippen molar-refractivity contribution in [1.82, 2.24) is 15.5 Å². The Labute approximate surface area is 124 Å². The molecule has 0 bridgehead atoms. The Morgan fingerprint density at radius 3 is 1.70 bits per heavy atom. The lowest BCUT2D eigenvalue weighted by atomic mass is 9.79. The van der Waals surface area contributed by atoms with Crippen LogP contribution in [0.3, 0.4) is 0 Å². The lowest BCUT2D eigenvalue weighted by Crippen LogP contribution is -2.55. The van der Waals surface area contributed by atoms with Crippen molar-refractivity contribution in [3.05, 3.63) is 0 Å². The average molecular weight is 279 g/mol. The van der Waals surface area contributed by atoms with E-state index in [2.05, 4.69) is 29.4 Å². The summed E-state index contributed by atoms with van der Waals surface area (Å²) in [5.41, 5.74) is 0. The molecule has 0 aromatic carbocycles. The van der Waals surface area contributed by atoms with E-state index in [1.165, 1.54) is 65.0 Å². The van der Waals surface area contributed by atoms with Gasteiger partial charge in [-0.2, -0.15) is 0 Å². The van der Waals surface area contributed by atoms with Crippen LogP contribution in [0.15, 0.2) is 0 Å². The molecule has 0 atom stereocenters. The minimum absolute atomic E-state index is 0.881. The van der Waals surface area contributed by atoms with Crippen molar-refractivity contribution in [3.8, 4) is 0 Å². The number of nitrogens with zero attached hydrogens (tertiary/aromatic N) is 1. The average Bonchev–Trinajstić information content (AvgIpc) is 2.35. The molecule has 0 unspecified atom stereocenters. The van der Waals surface area contributed by atoms with Crippen molar-refractivity contribution < 1.29 is 0 Å². The summed E-state index contributed by atoms with van der Waals surface area (Å²) >= 11 is 0. The third kappa shape index (κ3) is 3.55. The standard InChI is InChI=1S/C17H33N3/c1-13(2)16-3-5-17(6-4-16)20(11-14-7-18-8-14)12-15-9-19-10-15/h13-19H,3-12H2,1-2H3.